The van der Waals surface area contributed by atoms with Crippen LogP contribution in [-0.2, 0) is 44.7 Å². The van der Waals surface area contributed by atoms with Crippen LogP contribution >= 0.6 is 0 Å². The van der Waals surface area contributed by atoms with Gasteiger partial charge in [0.05, 0.1) is 0 Å². The molecule has 8 heteroatoms. The molecule has 1 aliphatic heterocycles. The van der Waals surface area contributed by atoms with Crippen LogP contribution in [0.4, 0.5) is 0 Å². The summed E-state index contributed by atoms with van der Waals surface area (Å²) in [4.78, 5) is 37.1. The zero-order valence-electron chi connectivity index (χ0n) is 17.6. The molecule has 3 atom stereocenters. The Morgan fingerprint density at radius 3 is 2.14 bits per heavy atom. The Morgan fingerprint density at radius 2 is 1.59 bits per heavy atom. The second-order valence-corrected chi connectivity index (χ2v) is 8.18. The van der Waals surface area contributed by atoms with Crippen LogP contribution in [0.15, 0.2) is 30.3 Å². The Hall–Kier alpha value is -2.45. The normalized spacial score (nSPS) is 21.9. The van der Waals surface area contributed by atoms with E-state index in [9.17, 15) is 14.4 Å². The van der Waals surface area contributed by atoms with Crippen molar-refractivity contribution in [2.45, 2.75) is 77.8 Å². The highest BCUT2D eigenvalue weighted by atomic mass is 16.8. The minimum Gasteiger partial charge on any atom is -0.458 e. The fourth-order valence-corrected chi connectivity index (χ4v) is 2.60. The van der Waals surface area contributed by atoms with Crippen molar-refractivity contribution in [3.05, 3.63) is 35.9 Å². The molecule has 0 aromatic heterocycles. The molecular weight excluding hydrogens is 380 g/mol. The van der Waals surface area contributed by atoms with E-state index in [1.165, 1.54) is 6.92 Å². The average Bonchev–Trinajstić information content (AvgIpc) is 2.95. The van der Waals surface area contributed by atoms with Gasteiger partial charge in [0.1, 0.15) is 12.2 Å². The molecule has 1 aromatic carbocycles. The summed E-state index contributed by atoms with van der Waals surface area (Å²) >= 11 is 0. The fraction of sp³-hybridized carbons (Fsp3) is 0.571. The second-order valence-electron chi connectivity index (χ2n) is 8.18. The summed E-state index contributed by atoms with van der Waals surface area (Å²) in [5, 5.41) is 0. The molecular formula is C21H28O8. The van der Waals surface area contributed by atoms with Crippen LogP contribution in [0.2, 0.25) is 0 Å². The molecule has 1 aliphatic rings. The van der Waals surface area contributed by atoms with Crippen LogP contribution in [0.3, 0.4) is 0 Å². The molecule has 0 radical (unpaired) electrons. The number of hydrogen-bond donors (Lipinski definition) is 0. The quantitative estimate of drug-likeness (QED) is 0.523. The molecule has 0 amide bonds. The van der Waals surface area contributed by atoms with Gasteiger partial charge in [-0.05, 0) is 47.1 Å². The van der Waals surface area contributed by atoms with Crippen LogP contribution in [0.1, 0.15) is 47.1 Å². The van der Waals surface area contributed by atoms with E-state index in [1.54, 1.807) is 46.8 Å². The molecule has 2 rings (SSSR count). The van der Waals surface area contributed by atoms with Gasteiger partial charge in [0.15, 0.2) is 24.1 Å². The van der Waals surface area contributed by atoms with Gasteiger partial charge in [-0.3, -0.25) is 0 Å². The Labute approximate surface area is 170 Å². The largest absolute Gasteiger partial charge is 0.458 e. The maximum absolute atomic E-state index is 12.6. The molecule has 1 aromatic rings. The molecule has 1 fully saturated rings. The van der Waals surface area contributed by atoms with Crippen LogP contribution in [-0.4, -0.2) is 47.6 Å². The van der Waals surface area contributed by atoms with E-state index in [-0.39, 0.29) is 6.61 Å². The monoisotopic (exact) mass is 408 g/mol. The smallest absolute Gasteiger partial charge is 0.347 e. The molecule has 1 heterocycles. The standard InChI is InChI=1S/C21H28O8/c1-13(17(22)25-12-14-10-8-7-9-11-14)26-18(23)15-16(28-21(5,6)27-15)19(24)29-20(2,3)4/h7-11,13,15-16H,12H2,1-6H3/t13-,15+,16+/m0/s1. The van der Waals surface area contributed by atoms with Crippen molar-refractivity contribution in [2.75, 3.05) is 0 Å². The van der Waals surface area contributed by atoms with Gasteiger partial charge in [-0.15, -0.1) is 0 Å². The van der Waals surface area contributed by atoms with E-state index in [4.69, 9.17) is 23.7 Å². The van der Waals surface area contributed by atoms with Crippen molar-refractivity contribution >= 4 is 17.9 Å². The third kappa shape index (κ3) is 6.83. The third-order valence-corrected chi connectivity index (χ3v) is 3.82. The number of benzene rings is 1. The highest BCUT2D eigenvalue weighted by molar-refractivity contribution is 5.88. The molecule has 29 heavy (non-hydrogen) atoms. The van der Waals surface area contributed by atoms with Gasteiger partial charge in [-0.2, -0.15) is 0 Å². The van der Waals surface area contributed by atoms with Crippen LogP contribution in [0.5, 0.6) is 0 Å². The Morgan fingerprint density at radius 1 is 1.03 bits per heavy atom. The van der Waals surface area contributed by atoms with Crippen LogP contribution < -0.4 is 0 Å². The van der Waals surface area contributed by atoms with Crippen molar-refractivity contribution < 1.29 is 38.1 Å². The first-order chi connectivity index (χ1) is 13.4. The molecule has 0 bridgehead atoms. The highest BCUT2D eigenvalue weighted by Crippen LogP contribution is 2.31. The molecule has 0 N–H and O–H groups in total. The minimum absolute atomic E-state index is 0.0537. The molecule has 0 unspecified atom stereocenters. The molecule has 0 aliphatic carbocycles. The summed E-state index contributed by atoms with van der Waals surface area (Å²) < 4.78 is 26.7. The SMILES string of the molecule is C[C@H](OC(=O)[C@@H]1OC(C)(C)O[C@H]1C(=O)OC(C)(C)C)C(=O)OCc1ccccc1. The third-order valence-electron chi connectivity index (χ3n) is 3.82. The van der Waals surface area contributed by atoms with E-state index in [1.807, 2.05) is 18.2 Å². The second kappa shape index (κ2) is 8.92. The van der Waals surface area contributed by atoms with Crippen molar-refractivity contribution in [1.29, 1.82) is 0 Å². The number of esters is 3. The van der Waals surface area contributed by atoms with Gasteiger partial charge in [0.25, 0.3) is 0 Å². The average molecular weight is 408 g/mol. The lowest BCUT2D eigenvalue weighted by Gasteiger charge is -2.23. The summed E-state index contributed by atoms with van der Waals surface area (Å²) in [6.07, 6.45) is -3.84. The van der Waals surface area contributed by atoms with Gasteiger partial charge in [-0.25, -0.2) is 14.4 Å². The number of hydrogen-bond acceptors (Lipinski definition) is 8. The van der Waals surface area contributed by atoms with E-state index < -0.39 is 47.6 Å². The molecule has 1 saturated heterocycles. The Kier molecular flexibility index (Phi) is 7.02. The lowest BCUT2D eigenvalue weighted by atomic mass is 10.1. The van der Waals surface area contributed by atoms with Crippen molar-refractivity contribution in [3.8, 4) is 0 Å². The van der Waals surface area contributed by atoms with Crippen molar-refractivity contribution in [3.63, 3.8) is 0 Å². The van der Waals surface area contributed by atoms with Crippen LogP contribution in [0.25, 0.3) is 0 Å². The molecule has 0 saturated carbocycles. The van der Waals surface area contributed by atoms with E-state index in [2.05, 4.69) is 0 Å². The van der Waals surface area contributed by atoms with Gasteiger partial charge in [-0.1, -0.05) is 30.3 Å². The first-order valence-electron chi connectivity index (χ1n) is 9.37. The first kappa shape index (κ1) is 22.8. The van der Waals surface area contributed by atoms with Gasteiger partial charge in [0.2, 0.25) is 0 Å². The maximum Gasteiger partial charge on any atom is 0.347 e. The van der Waals surface area contributed by atoms with Gasteiger partial charge >= 0.3 is 17.9 Å². The topological polar surface area (TPSA) is 97.4 Å². The fourth-order valence-electron chi connectivity index (χ4n) is 2.60. The number of carbonyl (C=O) groups is 3. The summed E-state index contributed by atoms with van der Waals surface area (Å²) in [5.41, 5.74) is 0.0366. The Balaban J connectivity index is 1.97. The lowest BCUT2D eigenvalue weighted by molar-refractivity contribution is -0.181. The number of carbonyl (C=O) groups excluding carboxylic acids is 3. The van der Waals surface area contributed by atoms with Gasteiger partial charge < -0.3 is 23.7 Å². The van der Waals surface area contributed by atoms with Crippen LogP contribution in [0, 0.1) is 0 Å². The zero-order chi connectivity index (χ0) is 21.8. The predicted molar refractivity (Wildman–Crippen MR) is 101 cm³/mol. The van der Waals surface area contributed by atoms with Crippen molar-refractivity contribution in [1.82, 2.24) is 0 Å². The highest BCUT2D eigenvalue weighted by Gasteiger charge is 2.51. The molecule has 8 nitrogen and oxygen atoms in total. The summed E-state index contributed by atoms with van der Waals surface area (Å²) in [5.74, 6) is -3.56. The summed E-state index contributed by atoms with van der Waals surface area (Å²) in [7, 11) is 0. The minimum atomic E-state index is -1.36. The number of ether oxygens (including phenoxy) is 5. The summed E-state index contributed by atoms with van der Waals surface area (Å²) in [6.45, 7) is 9.66. The van der Waals surface area contributed by atoms with Gasteiger partial charge in [0, 0.05) is 0 Å². The van der Waals surface area contributed by atoms with E-state index >= 15 is 0 Å². The van der Waals surface area contributed by atoms with E-state index in [0.717, 1.165) is 5.56 Å². The zero-order valence-corrected chi connectivity index (χ0v) is 17.6. The first-order valence-corrected chi connectivity index (χ1v) is 9.37. The molecule has 0 spiro atoms. The van der Waals surface area contributed by atoms with E-state index in [0.29, 0.717) is 0 Å². The molecule has 160 valence electrons. The summed E-state index contributed by atoms with van der Waals surface area (Å²) in [6, 6.07) is 9.11. The lowest BCUT2D eigenvalue weighted by Crippen LogP contribution is -2.43. The maximum atomic E-state index is 12.6. The number of rotatable bonds is 6. The Bertz CT molecular complexity index is 735. The van der Waals surface area contributed by atoms with Crippen molar-refractivity contribution in [2.24, 2.45) is 0 Å². The predicted octanol–water partition coefficient (Wildman–Crippen LogP) is 2.52.